The Kier molecular flexibility index (Phi) is 2.55. The standard InChI is InChI=1S/C10H11N3O/c1-11-7-9-6-10(14-13-9)8-2-4-12-5-3-8/h2-6,11H,7H2,1H3. The molecule has 2 aromatic rings. The van der Waals surface area contributed by atoms with Crippen LogP contribution in [-0.2, 0) is 6.54 Å². The van der Waals surface area contributed by atoms with Crippen molar-refractivity contribution in [2.24, 2.45) is 0 Å². The molecule has 0 amide bonds. The lowest BCUT2D eigenvalue weighted by molar-refractivity contribution is 0.421. The normalized spacial score (nSPS) is 10.4. The highest BCUT2D eigenvalue weighted by Crippen LogP contribution is 2.18. The second-order valence-corrected chi connectivity index (χ2v) is 2.95. The lowest BCUT2D eigenvalue weighted by atomic mass is 10.2. The second-order valence-electron chi connectivity index (χ2n) is 2.95. The Morgan fingerprint density at radius 2 is 2.14 bits per heavy atom. The largest absolute Gasteiger partial charge is 0.356 e. The zero-order valence-electron chi connectivity index (χ0n) is 7.90. The number of hydrogen-bond donors (Lipinski definition) is 1. The van der Waals surface area contributed by atoms with E-state index in [1.165, 1.54) is 0 Å². The fraction of sp³-hybridized carbons (Fsp3) is 0.200. The topological polar surface area (TPSA) is 51.0 Å². The average Bonchev–Trinajstić information content (AvgIpc) is 2.68. The van der Waals surface area contributed by atoms with Gasteiger partial charge in [-0.05, 0) is 19.2 Å². The summed E-state index contributed by atoms with van der Waals surface area (Å²) in [6.45, 7) is 0.717. The predicted octanol–water partition coefficient (Wildman–Crippen LogP) is 1.46. The van der Waals surface area contributed by atoms with Crippen LogP contribution in [0.4, 0.5) is 0 Å². The Labute approximate surface area is 82.0 Å². The molecular weight excluding hydrogens is 178 g/mol. The maximum absolute atomic E-state index is 5.19. The molecule has 2 aromatic heterocycles. The van der Waals surface area contributed by atoms with Crippen LogP contribution in [0.1, 0.15) is 5.69 Å². The first kappa shape index (κ1) is 8.90. The van der Waals surface area contributed by atoms with Crippen LogP contribution in [0.25, 0.3) is 11.3 Å². The van der Waals surface area contributed by atoms with Crippen LogP contribution in [0.15, 0.2) is 35.1 Å². The zero-order chi connectivity index (χ0) is 9.80. The molecule has 0 unspecified atom stereocenters. The first-order valence-electron chi connectivity index (χ1n) is 4.41. The molecule has 0 radical (unpaired) electrons. The van der Waals surface area contributed by atoms with E-state index in [1.54, 1.807) is 12.4 Å². The minimum Gasteiger partial charge on any atom is -0.356 e. The van der Waals surface area contributed by atoms with Crippen molar-refractivity contribution in [2.75, 3.05) is 7.05 Å². The third kappa shape index (κ3) is 1.80. The maximum atomic E-state index is 5.19. The number of pyridine rings is 1. The zero-order valence-corrected chi connectivity index (χ0v) is 7.90. The molecule has 0 aliphatic heterocycles. The van der Waals surface area contributed by atoms with Crippen molar-refractivity contribution in [3.63, 3.8) is 0 Å². The van der Waals surface area contributed by atoms with Crippen molar-refractivity contribution in [1.82, 2.24) is 15.5 Å². The Morgan fingerprint density at radius 1 is 1.36 bits per heavy atom. The van der Waals surface area contributed by atoms with Crippen LogP contribution in [0, 0.1) is 0 Å². The minimum absolute atomic E-state index is 0.717. The van der Waals surface area contributed by atoms with Crippen LogP contribution in [-0.4, -0.2) is 17.2 Å². The summed E-state index contributed by atoms with van der Waals surface area (Å²) in [5.74, 6) is 0.776. The monoisotopic (exact) mass is 189 g/mol. The lowest BCUT2D eigenvalue weighted by Crippen LogP contribution is -2.04. The molecule has 0 aliphatic rings. The molecule has 1 N–H and O–H groups in total. The van der Waals surface area contributed by atoms with Crippen molar-refractivity contribution >= 4 is 0 Å². The average molecular weight is 189 g/mol. The second kappa shape index (κ2) is 4.02. The van der Waals surface area contributed by atoms with E-state index >= 15 is 0 Å². The number of aromatic nitrogens is 2. The Balaban J connectivity index is 2.25. The van der Waals surface area contributed by atoms with Gasteiger partial charge in [-0.3, -0.25) is 4.98 Å². The van der Waals surface area contributed by atoms with Crippen molar-refractivity contribution in [3.05, 3.63) is 36.3 Å². The maximum Gasteiger partial charge on any atom is 0.167 e. The first-order valence-corrected chi connectivity index (χ1v) is 4.41. The van der Waals surface area contributed by atoms with E-state index in [-0.39, 0.29) is 0 Å². The summed E-state index contributed by atoms with van der Waals surface area (Å²) >= 11 is 0. The van der Waals surface area contributed by atoms with Gasteiger partial charge in [-0.1, -0.05) is 5.16 Å². The van der Waals surface area contributed by atoms with E-state index in [4.69, 9.17) is 4.52 Å². The van der Waals surface area contributed by atoms with E-state index in [1.807, 2.05) is 25.2 Å². The highest BCUT2D eigenvalue weighted by molar-refractivity contribution is 5.56. The molecule has 4 heteroatoms. The van der Waals surface area contributed by atoms with Gasteiger partial charge in [0.2, 0.25) is 0 Å². The molecule has 0 bridgehead atoms. The number of rotatable bonds is 3. The lowest BCUT2D eigenvalue weighted by Gasteiger charge is -1.91. The molecule has 4 nitrogen and oxygen atoms in total. The molecule has 0 saturated carbocycles. The van der Waals surface area contributed by atoms with Crippen molar-refractivity contribution < 1.29 is 4.52 Å². The summed E-state index contributed by atoms with van der Waals surface area (Å²) in [5.41, 5.74) is 1.90. The van der Waals surface area contributed by atoms with Crippen molar-refractivity contribution in [2.45, 2.75) is 6.54 Å². The number of nitrogens with one attached hydrogen (secondary N) is 1. The third-order valence-electron chi connectivity index (χ3n) is 1.88. The molecule has 72 valence electrons. The molecule has 0 fully saturated rings. The SMILES string of the molecule is CNCc1cc(-c2ccncc2)on1. The number of hydrogen-bond acceptors (Lipinski definition) is 4. The van der Waals surface area contributed by atoms with E-state index in [9.17, 15) is 0 Å². The number of nitrogens with zero attached hydrogens (tertiary/aromatic N) is 2. The molecule has 14 heavy (non-hydrogen) atoms. The molecular formula is C10H11N3O. The fourth-order valence-corrected chi connectivity index (χ4v) is 1.23. The van der Waals surface area contributed by atoms with Gasteiger partial charge in [0.05, 0.1) is 5.69 Å². The van der Waals surface area contributed by atoms with E-state index in [2.05, 4.69) is 15.5 Å². The van der Waals surface area contributed by atoms with Gasteiger partial charge in [0, 0.05) is 30.6 Å². The van der Waals surface area contributed by atoms with Gasteiger partial charge >= 0.3 is 0 Å². The predicted molar refractivity (Wildman–Crippen MR) is 52.5 cm³/mol. The minimum atomic E-state index is 0.717. The summed E-state index contributed by atoms with van der Waals surface area (Å²) in [5, 5.41) is 6.94. The highest BCUT2D eigenvalue weighted by atomic mass is 16.5. The van der Waals surface area contributed by atoms with E-state index in [0.717, 1.165) is 17.0 Å². The third-order valence-corrected chi connectivity index (χ3v) is 1.88. The summed E-state index contributed by atoms with van der Waals surface area (Å²) in [7, 11) is 1.88. The summed E-state index contributed by atoms with van der Waals surface area (Å²) in [4.78, 5) is 3.94. The summed E-state index contributed by atoms with van der Waals surface area (Å²) < 4.78 is 5.19. The molecule has 0 aromatic carbocycles. The molecule has 0 atom stereocenters. The van der Waals surface area contributed by atoms with E-state index < -0.39 is 0 Å². The smallest absolute Gasteiger partial charge is 0.167 e. The summed E-state index contributed by atoms with van der Waals surface area (Å²) in [6, 6.07) is 5.71. The van der Waals surface area contributed by atoms with Crippen LogP contribution >= 0.6 is 0 Å². The molecule has 0 aliphatic carbocycles. The van der Waals surface area contributed by atoms with Crippen LogP contribution in [0.2, 0.25) is 0 Å². The molecule has 2 rings (SSSR count). The first-order chi connectivity index (χ1) is 6.90. The van der Waals surface area contributed by atoms with Crippen LogP contribution in [0.5, 0.6) is 0 Å². The summed E-state index contributed by atoms with van der Waals surface area (Å²) in [6.07, 6.45) is 3.46. The van der Waals surface area contributed by atoms with Gasteiger partial charge < -0.3 is 9.84 Å². The van der Waals surface area contributed by atoms with Crippen molar-refractivity contribution in [1.29, 1.82) is 0 Å². The Hall–Kier alpha value is -1.68. The van der Waals surface area contributed by atoms with E-state index in [0.29, 0.717) is 6.54 Å². The Bertz CT molecular complexity index is 397. The van der Waals surface area contributed by atoms with Gasteiger partial charge in [0.25, 0.3) is 0 Å². The fourth-order valence-electron chi connectivity index (χ4n) is 1.23. The van der Waals surface area contributed by atoms with Gasteiger partial charge in [0.1, 0.15) is 0 Å². The molecule has 0 saturated heterocycles. The quantitative estimate of drug-likeness (QED) is 0.794. The molecule has 0 spiro atoms. The van der Waals surface area contributed by atoms with Gasteiger partial charge in [-0.2, -0.15) is 0 Å². The van der Waals surface area contributed by atoms with Gasteiger partial charge in [-0.25, -0.2) is 0 Å². The van der Waals surface area contributed by atoms with Crippen LogP contribution in [0.3, 0.4) is 0 Å². The van der Waals surface area contributed by atoms with Crippen molar-refractivity contribution in [3.8, 4) is 11.3 Å². The Morgan fingerprint density at radius 3 is 2.86 bits per heavy atom. The highest BCUT2D eigenvalue weighted by Gasteiger charge is 2.04. The van der Waals surface area contributed by atoms with Crippen LogP contribution < -0.4 is 5.32 Å². The van der Waals surface area contributed by atoms with Gasteiger partial charge in [0.15, 0.2) is 5.76 Å². The molecule has 2 heterocycles. The van der Waals surface area contributed by atoms with Gasteiger partial charge in [-0.15, -0.1) is 0 Å².